The van der Waals surface area contributed by atoms with Gasteiger partial charge in [0, 0.05) is 43.8 Å². The molecule has 0 aliphatic heterocycles. The molecule has 0 amide bonds. The lowest BCUT2D eigenvalue weighted by molar-refractivity contribution is 0.0345. The van der Waals surface area contributed by atoms with Gasteiger partial charge >= 0.3 is 0 Å². The Hall–Kier alpha value is -1.95. The van der Waals surface area contributed by atoms with Crippen LogP contribution in [0.15, 0.2) is 41.7 Å². The Kier molecular flexibility index (Phi) is 6.52. The Morgan fingerprint density at radius 2 is 2.17 bits per heavy atom. The minimum Gasteiger partial charge on any atom is -0.404 e. The lowest BCUT2D eigenvalue weighted by atomic mass is 10.0. The zero-order valence-electron chi connectivity index (χ0n) is 13.2. The summed E-state index contributed by atoms with van der Waals surface area (Å²) in [6, 6.07) is 7.79. The van der Waals surface area contributed by atoms with Gasteiger partial charge in [-0.05, 0) is 23.1 Å². The highest BCUT2D eigenvalue weighted by Crippen LogP contribution is 2.21. The molecule has 2 N–H and O–H groups in total. The van der Waals surface area contributed by atoms with Crippen molar-refractivity contribution in [2.24, 2.45) is 10.7 Å². The van der Waals surface area contributed by atoms with Crippen LogP contribution in [0.1, 0.15) is 5.56 Å². The Bertz CT molecular complexity index is 716. The molecule has 6 heteroatoms. The highest BCUT2D eigenvalue weighted by atomic mass is 35.5. The molecule has 0 aliphatic rings. The minimum absolute atomic E-state index is 0.0724. The van der Waals surface area contributed by atoms with Gasteiger partial charge in [-0.25, -0.2) is 4.98 Å². The normalized spacial score (nSPS) is 13.8. The summed E-state index contributed by atoms with van der Waals surface area (Å²) in [7, 11) is 3.27. The topological polar surface area (TPSA) is 69.7 Å². The fourth-order valence-corrected chi connectivity index (χ4v) is 2.32. The first kappa shape index (κ1) is 17.4. The van der Waals surface area contributed by atoms with Crippen molar-refractivity contribution in [3.63, 3.8) is 0 Å². The van der Waals surface area contributed by atoms with E-state index in [9.17, 15) is 0 Å². The van der Waals surface area contributed by atoms with Crippen molar-refractivity contribution in [3.8, 4) is 0 Å². The molecule has 1 aromatic heterocycles. The van der Waals surface area contributed by atoms with Gasteiger partial charge < -0.3 is 15.2 Å². The SMILES string of the molecule is COCC(CN=CC(=CN)c1ccc2cnc(Cl)cc2c1)OC. The average Bonchev–Trinajstić information content (AvgIpc) is 2.57. The van der Waals surface area contributed by atoms with Crippen LogP contribution in [-0.4, -0.2) is 44.7 Å². The number of pyridine rings is 1. The lowest BCUT2D eigenvalue weighted by Gasteiger charge is -2.11. The summed E-state index contributed by atoms with van der Waals surface area (Å²) >= 11 is 5.95. The summed E-state index contributed by atoms with van der Waals surface area (Å²) < 4.78 is 10.3. The zero-order valence-corrected chi connectivity index (χ0v) is 14.0. The fraction of sp³-hybridized carbons (Fsp3) is 0.294. The average molecular weight is 334 g/mol. The van der Waals surface area contributed by atoms with Crippen LogP contribution in [0, 0.1) is 0 Å². The first-order valence-electron chi connectivity index (χ1n) is 7.17. The van der Waals surface area contributed by atoms with E-state index in [-0.39, 0.29) is 6.10 Å². The molecule has 5 nitrogen and oxygen atoms in total. The molecule has 0 bridgehead atoms. The molecule has 0 saturated carbocycles. The molecule has 0 radical (unpaired) electrons. The third-order valence-corrected chi connectivity index (χ3v) is 3.63. The van der Waals surface area contributed by atoms with Crippen molar-refractivity contribution in [1.82, 2.24) is 4.98 Å². The van der Waals surface area contributed by atoms with Gasteiger partial charge in [0.25, 0.3) is 0 Å². The maximum atomic E-state index is 5.95. The molecule has 2 rings (SSSR count). The van der Waals surface area contributed by atoms with E-state index in [4.69, 9.17) is 26.8 Å². The number of aromatic nitrogens is 1. The largest absolute Gasteiger partial charge is 0.404 e. The number of fused-ring (bicyclic) bond motifs is 1. The van der Waals surface area contributed by atoms with Gasteiger partial charge in [-0.1, -0.05) is 23.7 Å². The number of nitrogens with zero attached hydrogens (tertiary/aromatic N) is 2. The van der Waals surface area contributed by atoms with Crippen LogP contribution in [0.3, 0.4) is 0 Å². The maximum absolute atomic E-state index is 5.95. The monoisotopic (exact) mass is 333 g/mol. The maximum Gasteiger partial charge on any atom is 0.129 e. The van der Waals surface area contributed by atoms with E-state index in [1.807, 2.05) is 24.3 Å². The highest BCUT2D eigenvalue weighted by Gasteiger charge is 2.06. The third kappa shape index (κ3) is 4.76. The second-order valence-electron chi connectivity index (χ2n) is 5.00. The lowest BCUT2D eigenvalue weighted by Crippen LogP contribution is -2.20. The predicted molar refractivity (Wildman–Crippen MR) is 94.9 cm³/mol. The van der Waals surface area contributed by atoms with E-state index >= 15 is 0 Å². The summed E-state index contributed by atoms with van der Waals surface area (Å²) in [5.41, 5.74) is 7.53. The summed E-state index contributed by atoms with van der Waals surface area (Å²) in [4.78, 5) is 8.46. The molecule has 23 heavy (non-hydrogen) atoms. The van der Waals surface area contributed by atoms with Crippen molar-refractivity contribution in [2.75, 3.05) is 27.4 Å². The molecular weight excluding hydrogens is 314 g/mol. The van der Waals surface area contributed by atoms with Gasteiger partial charge in [-0.15, -0.1) is 0 Å². The van der Waals surface area contributed by atoms with Crippen molar-refractivity contribution >= 4 is 34.2 Å². The molecule has 1 aromatic carbocycles. The van der Waals surface area contributed by atoms with Gasteiger partial charge in [0.05, 0.1) is 19.3 Å². The van der Waals surface area contributed by atoms with Crippen LogP contribution < -0.4 is 5.73 Å². The number of methoxy groups -OCH3 is 2. The van der Waals surface area contributed by atoms with E-state index < -0.39 is 0 Å². The van der Waals surface area contributed by atoms with Gasteiger partial charge in [0.2, 0.25) is 0 Å². The number of allylic oxidation sites excluding steroid dienone is 1. The predicted octanol–water partition coefficient (Wildman–Crippen LogP) is 2.92. The summed E-state index contributed by atoms with van der Waals surface area (Å²) in [5.74, 6) is 0. The highest BCUT2D eigenvalue weighted by molar-refractivity contribution is 6.30. The van der Waals surface area contributed by atoms with E-state index in [1.165, 1.54) is 6.20 Å². The number of aliphatic imine (C=N–C) groups is 1. The summed E-state index contributed by atoms with van der Waals surface area (Å²) in [5, 5.41) is 2.49. The molecule has 2 aromatic rings. The van der Waals surface area contributed by atoms with Crippen molar-refractivity contribution in [1.29, 1.82) is 0 Å². The van der Waals surface area contributed by atoms with Gasteiger partial charge in [0.15, 0.2) is 0 Å². The quantitative estimate of drug-likeness (QED) is 0.624. The van der Waals surface area contributed by atoms with Crippen molar-refractivity contribution in [3.05, 3.63) is 47.4 Å². The first-order valence-corrected chi connectivity index (χ1v) is 7.55. The second-order valence-corrected chi connectivity index (χ2v) is 5.39. The number of nitrogens with two attached hydrogens (primary N) is 1. The number of hydrogen-bond acceptors (Lipinski definition) is 5. The van der Waals surface area contributed by atoms with Gasteiger partial charge in [0.1, 0.15) is 5.15 Å². The molecule has 0 saturated heterocycles. The Morgan fingerprint density at radius 1 is 1.35 bits per heavy atom. The summed E-state index contributed by atoms with van der Waals surface area (Å²) in [6.07, 6.45) is 4.95. The van der Waals surface area contributed by atoms with Crippen LogP contribution in [-0.2, 0) is 9.47 Å². The van der Waals surface area contributed by atoms with E-state index in [2.05, 4.69) is 9.98 Å². The Morgan fingerprint density at radius 3 is 2.87 bits per heavy atom. The van der Waals surface area contributed by atoms with Crippen LogP contribution >= 0.6 is 11.6 Å². The number of benzene rings is 1. The van der Waals surface area contributed by atoms with E-state index in [1.54, 1.807) is 26.6 Å². The smallest absolute Gasteiger partial charge is 0.129 e. The molecule has 1 heterocycles. The molecule has 0 spiro atoms. The number of hydrogen-bond donors (Lipinski definition) is 1. The van der Waals surface area contributed by atoms with Crippen LogP contribution in [0.2, 0.25) is 5.15 Å². The van der Waals surface area contributed by atoms with Crippen LogP contribution in [0.25, 0.3) is 16.3 Å². The Balaban J connectivity index is 2.17. The standard InChI is InChI=1S/C17H20ClN3O2/c1-22-11-16(23-2)10-20-8-15(7-19)12-3-4-13-9-21-17(18)6-14(13)5-12/h3-9,16H,10-11,19H2,1-2H3. The molecule has 1 atom stereocenters. The molecule has 0 aliphatic carbocycles. The Labute approximate surface area is 140 Å². The van der Waals surface area contributed by atoms with E-state index in [0.717, 1.165) is 21.9 Å². The summed E-state index contributed by atoms with van der Waals surface area (Å²) in [6.45, 7) is 1.00. The van der Waals surface area contributed by atoms with E-state index in [0.29, 0.717) is 18.3 Å². The molecule has 122 valence electrons. The molecular formula is C17H20ClN3O2. The van der Waals surface area contributed by atoms with Crippen LogP contribution in [0.5, 0.6) is 0 Å². The van der Waals surface area contributed by atoms with Crippen LogP contribution in [0.4, 0.5) is 0 Å². The van der Waals surface area contributed by atoms with Gasteiger partial charge in [-0.3, -0.25) is 4.99 Å². The molecule has 0 fully saturated rings. The second kappa shape index (κ2) is 8.62. The number of rotatable bonds is 7. The fourth-order valence-electron chi connectivity index (χ4n) is 2.16. The number of halogens is 1. The van der Waals surface area contributed by atoms with Gasteiger partial charge in [-0.2, -0.15) is 0 Å². The van der Waals surface area contributed by atoms with Crippen molar-refractivity contribution < 1.29 is 9.47 Å². The minimum atomic E-state index is -0.0724. The first-order chi connectivity index (χ1) is 11.2. The third-order valence-electron chi connectivity index (χ3n) is 3.43. The number of ether oxygens (including phenoxy) is 2. The molecule has 1 unspecified atom stereocenters. The zero-order chi connectivity index (χ0) is 16.7. The van der Waals surface area contributed by atoms with Crippen molar-refractivity contribution in [2.45, 2.75) is 6.10 Å².